The van der Waals surface area contributed by atoms with E-state index in [-0.39, 0.29) is 36.9 Å². The van der Waals surface area contributed by atoms with Crippen LogP contribution in [0.4, 0.5) is 22.0 Å². The van der Waals surface area contributed by atoms with Crippen LogP contribution in [0.1, 0.15) is 45.4 Å². The molecule has 0 aromatic rings. The average molecular weight is 498 g/mol. The highest BCUT2D eigenvalue weighted by Gasteiger charge is 2.56. The molecule has 34 heavy (non-hydrogen) atoms. The molecule has 7 nitrogen and oxygen atoms in total. The number of carbonyl (C=O) groups excluding carboxylic acids is 1. The quantitative estimate of drug-likeness (QED) is 0.470. The molecule has 1 aliphatic carbocycles. The number of hydrazine groups is 1. The van der Waals surface area contributed by atoms with E-state index >= 15 is 0 Å². The van der Waals surface area contributed by atoms with Crippen LogP contribution in [0.2, 0.25) is 0 Å². The van der Waals surface area contributed by atoms with E-state index in [0.29, 0.717) is 32.4 Å². The van der Waals surface area contributed by atoms with E-state index in [1.165, 1.54) is 0 Å². The number of rotatable bonds is 7. The Morgan fingerprint density at radius 1 is 1.21 bits per heavy atom. The summed E-state index contributed by atoms with van der Waals surface area (Å²) in [5.74, 6) is -2.84. The standard InChI is InChI=1S/C22H36F5N5O2/c1-12(6-19-30-28-11-31(19)2)13-7-18(29-20(8-13)34-10-17(23)24)32-9-15-14(21(32)33)4-3-5-16(15)22(25,26)27/h12-20,28-30H,3-11H2,1-2H3/t12-,13?,14?,15?,16?,18?,19?,20?/m1/s1. The number of likely N-dealkylation sites (tertiary alicyclic amines) is 1. The van der Waals surface area contributed by atoms with Gasteiger partial charge in [0.05, 0.1) is 24.9 Å². The minimum Gasteiger partial charge on any atom is -0.357 e. The van der Waals surface area contributed by atoms with Crippen LogP contribution >= 0.6 is 0 Å². The lowest BCUT2D eigenvalue weighted by Gasteiger charge is -2.43. The largest absolute Gasteiger partial charge is 0.392 e. The number of halogens is 5. The number of ether oxygens (including phenoxy) is 1. The van der Waals surface area contributed by atoms with Gasteiger partial charge in [0.1, 0.15) is 12.8 Å². The number of nitrogens with zero attached hydrogens (tertiary/aromatic N) is 2. The number of nitrogens with one attached hydrogen (secondary N) is 3. The number of fused-ring (bicyclic) bond motifs is 1. The lowest BCUT2D eigenvalue weighted by atomic mass is 9.73. The third-order valence-corrected chi connectivity index (χ3v) is 8.24. The van der Waals surface area contributed by atoms with Crippen molar-refractivity contribution in [1.82, 2.24) is 26.0 Å². The molecule has 7 unspecified atom stereocenters. The van der Waals surface area contributed by atoms with Gasteiger partial charge in [0, 0.05) is 12.5 Å². The Kier molecular flexibility index (Phi) is 8.03. The van der Waals surface area contributed by atoms with Crippen LogP contribution in [0.3, 0.4) is 0 Å². The molecule has 4 fully saturated rings. The van der Waals surface area contributed by atoms with E-state index in [1.807, 2.05) is 7.05 Å². The predicted octanol–water partition coefficient (Wildman–Crippen LogP) is 2.71. The van der Waals surface area contributed by atoms with Crippen molar-refractivity contribution in [3.63, 3.8) is 0 Å². The molecule has 8 atom stereocenters. The summed E-state index contributed by atoms with van der Waals surface area (Å²) in [5.41, 5.74) is 6.30. The maximum atomic E-state index is 13.7. The second kappa shape index (κ2) is 10.5. The Morgan fingerprint density at radius 2 is 1.97 bits per heavy atom. The van der Waals surface area contributed by atoms with Crippen molar-refractivity contribution in [2.45, 2.75) is 76.6 Å². The monoisotopic (exact) mass is 497 g/mol. The maximum Gasteiger partial charge on any atom is 0.392 e. The van der Waals surface area contributed by atoms with E-state index in [1.54, 1.807) is 4.90 Å². The maximum absolute atomic E-state index is 13.7. The van der Waals surface area contributed by atoms with E-state index in [9.17, 15) is 26.7 Å². The Hall–Kier alpha value is -1.08. The Labute approximate surface area is 197 Å². The minimum absolute atomic E-state index is 0.0465. The molecule has 1 amide bonds. The molecule has 3 heterocycles. The summed E-state index contributed by atoms with van der Waals surface area (Å²) >= 11 is 0. The summed E-state index contributed by atoms with van der Waals surface area (Å²) in [7, 11) is 1.99. The minimum atomic E-state index is -4.33. The molecular formula is C22H36F5N5O2. The van der Waals surface area contributed by atoms with E-state index < -0.39 is 49.4 Å². The number of hydrogen-bond donors (Lipinski definition) is 3. The summed E-state index contributed by atoms with van der Waals surface area (Å²) in [6, 6.07) is 0. The van der Waals surface area contributed by atoms with Gasteiger partial charge < -0.3 is 9.64 Å². The van der Waals surface area contributed by atoms with Gasteiger partial charge in [0.25, 0.3) is 6.43 Å². The Bertz CT molecular complexity index is 714. The number of amides is 1. The Balaban J connectivity index is 1.48. The van der Waals surface area contributed by atoms with Gasteiger partial charge in [-0.25, -0.2) is 19.6 Å². The van der Waals surface area contributed by atoms with Gasteiger partial charge in [0.15, 0.2) is 0 Å². The van der Waals surface area contributed by atoms with Crippen molar-refractivity contribution in [3.8, 4) is 0 Å². The fourth-order valence-electron chi connectivity index (χ4n) is 6.33. The molecule has 0 bridgehead atoms. The van der Waals surface area contributed by atoms with E-state index in [2.05, 4.69) is 28.0 Å². The van der Waals surface area contributed by atoms with Crippen LogP contribution in [0.5, 0.6) is 0 Å². The van der Waals surface area contributed by atoms with Crippen LogP contribution in [-0.2, 0) is 9.53 Å². The summed E-state index contributed by atoms with van der Waals surface area (Å²) in [6.07, 6.45) is -5.25. The average Bonchev–Trinajstić information content (AvgIpc) is 3.34. The van der Waals surface area contributed by atoms with Crippen LogP contribution in [0, 0.1) is 29.6 Å². The molecule has 196 valence electrons. The first-order chi connectivity index (χ1) is 16.0. The Morgan fingerprint density at radius 3 is 2.62 bits per heavy atom. The van der Waals surface area contributed by atoms with Gasteiger partial charge in [-0.15, -0.1) is 0 Å². The number of carbonyl (C=O) groups is 1. The van der Waals surface area contributed by atoms with Crippen molar-refractivity contribution in [2.24, 2.45) is 29.6 Å². The van der Waals surface area contributed by atoms with Crippen molar-refractivity contribution in [1.29, 1.82) is 0 Å². The first-order valence-electron chi connectivity index (χ1n) is 12.3. The summed E-state index contributed by atoms with van der Waals surface area (Å²) < 4.78 is 72.0. The zero-order valence-electron chi connectivity index (χ0n) is 19.7. The zero-order valence-corrected chi connectivity index (χ0v) is 19.7. The highest BCUT2D eigenvalue weighted by atomic mass is 19.4. The molecule has 0 radical (unpaired) electrons. The lowest BCUT2D eigenvalue weighted by Crippen LogP contribution is -2.57. The van der Waals surface area contributed by atoms with Crippen LogP contribution in [-0.4, -0.2) is 73.7 Å². The fourth-order valence-corrected chi connectivity index (χ4v) is 6.33. The van der Waals surface area contributed by atoms with Gasteiger partial charge in [0.2, 0.25) is 5.91 Å². The number of piperidine rings is 1. The predicted molar refractivity (Wildman–Crippen MR) is 114 cm³/mol. The molecule has 0 aromatic carbocycles. The molecule has 3 N–H and O–H groups in total. The van der Waals surface area contributed by atoms with Crippen LogP contribution in [0.15, 0.2) is 0 Å². The SMILES string of the molecule is C[C@H](CC1NNCN1C)C1CC(OCC(F)F)NC(N2CC3C(CCCC3C(F)(F)F)C2=O)C1. The highest BCUT2D eigenvalue weighted by Crippen LogP contribution is 2.48. The van der Waals surface area contributed by atoms with Crippen molar-refractivity contribution in [3.05, 3.63) is 0 Å². The molecule has 3 aliphatic heterocycles. The zero-order chi connectivity index (χ0) is 24.6. The smallest absolute Gasteiger partial charge is 0.357 e. The second-order valence-corrected chi connectivity index (χ2v) is 10.4. The normalized spacial score (nSPS) is 38.5. The molecule has 12 heteroatoms. The first kappa shape index (κ1) is 26.0. The third-order valence-electron chi connectivity index (χ3n) is 8.24. The summed E-state index contributed by atoms with van der Waals surface area (Å²) in [5, 5.41) is 3.16. The molecule has 3 saturated heterocycles. The topological polar surface area (TPSA) is 68.9 Å². The molecular weight excluding hydrogens is 461 g/mol. The van der Waals surface area contributed by atoms with E-state index in [0.717, 1.165) is 6.42 Å². The van der Waals surface area contributed by atoms with E-state index in [4.69, 9.17) is 4.74 Å². The fraction of sp³-hybridized carbons (Fsp3) is 0.955. The van der Waals surface area contributed by atoms with Crippen LogP contribution < -0.4 is 16.2 Å². The van der Waals surface area contributed by atoms with Gasteiger partial charge in [-0.3, -0.25) is 15.0 Å². The van der Waals surface area contributed by atoms with Gasteiger partial charge in [-0.05, 0) is 56.9 Å². The first-order valence-corrected chi connectivity index (χ1v) is 12.3. The van der Waals surface area contributed by atoms with Gasteiger partial charge in [-0.2, -0.15) is 13.2 Å². The summed E-state index contributed by atoms with van der Waals surface area (Å²) in [6.45, 7) is 2.12. The highest BCUT2D eigenvalue weighted by molar-refractivity contribution is 5.82. The van der Waals surface area contributed by atoms with Crippen molar-refractivity contribution in [2.75, 3.05) is 26.9 Å². The molecule has 4 aliphatic rings. The van der Waals surface area contributed by atoms with Gasteiger partial charge in [-0.1, -0.05) is 13.3 Å². The number of hydrogen-bond acceptors (Lipinski definition) is 6. The molecule has 0 spiro atoms. The van der Waals surface area contributed by atoms with Crippen LogP contribution in [0.25, 0.3) is 0 Å². The molecule has 1 saturated carbocycles. The third kappa shape index (κ3) is 5.66. The van der Waals surface area contributed by atoms with Crippen molar-refractivity contribution >= 4 is 5.91 Å². The van der Waals surface area contributed by atoms with Crippen molar-refractivity contribution < 1.29 is 31.5 Å². The van der Waals surface area contributed by atoms with Gasteiger partial charge >= 0.3 is 6.18 Å². The lowest BCUT2D eigenvalue weighted by molar-refractivity contribution is -0.198. The molecule has 0 aromatic heterocycles. The molecule has 4 rings (SSSR count). The summed E-state index contributed by atoms with van der Waals surface area (Å²) in [4.78, 5) is 16.9. The number of alkyl halides is 5. The second-order valence-electron chi connectivity index (χ2n) is 10.4.